The number of aromatic nitrogens is 2. The van der Waals surface area contributed by atoms with Crippen molar-refractivity contribution in [2.75, 3.05) is 0 Å². The zero-order valence-corrected chi connectivity index (χ0v) is 10.8. The SMILES string of the molecule is CC(C)Cn1nccc1C1(N)CCC(O)CC1. The lowest BCUT2D eigenvalue weighted by Crippen LogP contribution is -2.43. The van der Waals surface area contributed by atoms with Crippen molar-refractivity contribution in [1.29, 1.82) is 0 Å². The minimum Gasteiger partial charge on any atom is -0.393 e. The van der Waals surface area contributed by atoms with Crippen LogP contribution >= 0.6 is 0 Å². The van der Waals surface area contributed by atoms with E-state index >= 15 is 0 Å². The smallest absolute Gasteiger partial charge is 0.0582 e. The van der Waals surface area contributed by atoms with Gasteiger partial charge in [0.25, 0.3) is 0 Å². The summed E-state index contributed by atoms with van der Waals surface area (Å²) in [4.78, 5) is 0. The Bertz CT molecular complexity index is 364. The Morgan fingerprint density at radius 3 is 2.76 bits per heavy atom. The Morgan fingerprint density at radius 1 is 1.53 bits per heavy atom. The summed E-state index contributed by atoms with van der Waals surface area (Å²) in [5.41, 5.74) is 7.31. The molecule has 0 atom stereocenters. The topological polar surface area (TPSA) is 64.1 Å². The molecule has 0 spiro atoms. The first-order chi connectivity index (χ1) is 8.01. The van der Waals surface area contributed by atoms with Gasteiger partial charge in [0, 0.05) is 12.7 Å². The van der Waals surface area contributed by atoms with Crippen molar-refractivity contribution in [3.05, 3.63) is 18.0 Å². The van der Waals surface area contributed by atoms with Crippen LogP contribution in [0, 0.1) is 5.92 Å². The van der Waals surface area contributed by atoms with Crippen LogP contribution in [0.3, 0.4) is 0 Å². The van der Waals surface area contributed by atoms with Crippen LogP contribution in [0.2, 0.25) is 0 Å². The number of aliphatic hydroxyl groups excluding tert-OH is 1. The van der Waals surface area contributed by atoms with Crippen LogP contribution in [-0.4, -0.2) is 21.0 Å². The molecule has 0 radical (unpaired) electrons. The monoisotopic (exact) mass is 237 g/mol. The van der Waals surface area contributed by atoms with E-state index in [1.54, 1.807) is 0 Å². The fraction of sp³-hybridized carbons (Fsp3) is 0.769. The average molecular weight is 237 g/mol. The maximum Gasteiger partial charge on any atom is 0.0582 e. The first kappa shape index (κ1) is 12.6. The second-order valence-electron chi connectivity index (χ2n) is 5.68. The molecule has 1 fully saturated rings. The molecule has 1 heterocycles. The molecule has 1 aromatic heterocycles. The Morgan fingerprint density at radius 2 is 2.18 bits per heavy atom. The van der Waals surface area contributed by atoms with Gasteiger partial charge in [0.15, 0.2) is 0 Å². The highest BCUT2D eigenvalue weighted by molar-refractivity contribution is 5.15. The molecular weight excluding hydrogens is 214 g/mol. The fourth-order valence-electron chi connectivity index (χ4n) is 2.62. The number of rotatable bonds is 3. The van der Waals surface area contributed by atoms with E-state index in [2.05, 4.69) is 18.9 Å². The summed E-state index contributed by atoms with van der Waals surface area (Å²) in [5.74, 6) is 0.562. The van der Waals surface area contributed by atoms with Crippen molar-refractivity contribution in [2.24, 2.45) is 11.7 Å². The Balaban J connectivity index is 2.18. The highest BCUT2D eigenvalue weighted by Gasteiger charge is 2.35. The van der Waals surface area contributed by atoms with E-state index in [1.165, 1.54) is 0 Å². The first-order valence-electron chi connectivity index (χ1n) is 6.50. The van der Waals surface area contributed by atoms with Gasteiger partial charge in [-0.05, 0) is 37.7 Å². The maximum atomic E-state index is 9.58. The van der Waals surface area contributed by atoms with Crippen molar-refractivity contribution in [2.45, 2.75) is 57.7 Å². The molecule has 3 N–H and O–H groups in total. The first-order valence-corrected chi connectivity index (χ1v) is 6.50. The molecule has 1 saturated carbocycles. The van der Waals surface area contributed by atoms with E-state index in [0.717, 1.165) is 37.9 Å². The van der Waals surface area contributed by atoms with Crippen LogP contribution in [0.5, 0.6) is 0 Å². The van der Waals surface area contributed by atoms with E-state index in [-0.39, 0.29) is 11.6 Å². The molecule has 4 nitrogen and oxygen atoms in total. The van der Waals surface area contributed by atoms with Gasteiger partial charge in [-0.2, -0.15) is 5.10 Å². The van der Waals surface area contributed by atoms with Gasteiger partial charge in [0.05, 0.1) is 17.3 Å². The Hall–Kier alpha value is -0.870. The third-order valence-electron chi connectivity index (χ3n) is 3.61. The van der Waals surface area contributed by atoms with Gasteiger partial charge in [0.2, 0.25) is 0 Å². The molecule has 2 rings (SSSR count). The molecule has 0 unspecified atom stereocenters. The number of hydrogen-bond acceptors (Lipinski definition) is 3. The summed E-state index contributed by atoms with van der Waals surface area (Å²) in [6.07, 6.45) is 4.94. The molecule has 0 saturated heterocycles. The molecule has 1 aliphatic rings. The Labute approximate surface area is 103 Å². The minimum absolute atomic E-state index is 0.173. The molecular formula is C13H23N3O. The third kappa shape index (κ3) is 2.69. The highest BCUT2D eigenvalue weighted by Crippen LogP contribution is 2.34. The molecule has 96 valence electrons. The van der Waals surface area contributed by atoms with E-state index in [1.807, 2.05) is 16.9 Å². The summed E-state index contributed by atoms with van der Waals surface area (Å²) in [6, 6.07) is 2.03. The quantitative estimate of drug-likeness (QED) is 0.839. The van der Waals surface area contributed by atoms with Crippen molar-refractivity contribution in [1.82, 2.24) is 9.78 Å². The van der Waals surface area contributed by atoms with Gasteiger partial charge in [-0.1, -0.05) is 13.8 Å². The van der Waals surface area contributed by atoms with Crippen LogP contribution in [0.4, 0.5) is 0 Å². The summed E-state index contributed by atoms with van der Waals surface area (Å²) in [6.45, 7) is 5.27. The van der Waals surface area contributed by atoms with Gasteiger partial charge in [-0.25, -0.2) is 0 Å². The molecule has 1 aliphatic carbocycles. The lowest BCUT2D eigenvalue weighted by molar-refractivity contribution is 0.0936. The van der Waals surface area contributed by atoms with Crippen LogP contribution in [0.1, 0.15) is 45.2 Å². The van der Waals surface area contributed by atoms with Crippen LogP contribution in [0.15, 0.2) is 12.3 Å². The van der Waals surface area contributed by atoms with Gasteiger partial charge < -0.3 is 10.8 Å². The average Bonchev–Trinajstić information content (AvgIpc) is 2.70. The standard InChI is InChI=1S/C13H23N3O/c1-10(2)9-16-12(5-8-15-16)13(14)6-3-11(17)4-7-13/h5,8,10-11,17H,3-4,6-7,9,14H2,1-2H3. The van der Waals surface area contributed by atoms with Gasteiger partial charge in [0.1, 0.15) is 0 Å². The number of hydrogen-bond donors (Lipinski definition) is 2. The zero-order chi connectivity index (χ0) is 12.5. The predicted octanol–water partition coefficient (Wildman–Crippen LogP) is 1.63. The molecule has 0 amide bonds. The third-order valence-corrected chi connectivity index (χ3v) is 3.61. The number of nitrogens with two attached hydrogens (primary N) is 1. The minimum atomic E-state index is -0.301. The van der Waals surface area contributed by atoms with Crippen LogP contribution < -0.4 is 5.73 Å². The molecule has 0 aliphatic heterocycles. The second kappa shape index (κ2) is 4.78. The fourth-order valence-corrected chi connectivity index (χ4v) is 2.62. The highest BCUT2D eigenvalue weighted by atomic mass is 16.3. The van der Waals surface area contributed by atoms with Crippen molar-refractivity contribution in [3.8, 4) is 0 Å². The van der Waals surface area contributed by atoms with E-state index < -0.39 is 0 Å². The van der Waals surface area contributed by atoms with Crippen molar-refractivity contribution < 1.29 is 5.11 Å². The number of nitrogens with zero attached hydrogens (tertiary/aromatic N) is 2. The van der Waals surface area contributed by atoms with Gasteiger partial charge in [-0.3, -0.25) is 4.68 Å². The number of aliphatic hydroxyl groups is 1. The molecule has 0 bridgehead atoms. The van der Waals surface area contributed by atoms with E-state index in [9.17, 15) is 5.11 Å². The van der Waals surface area contributed by atoms with Gasteiger partial charge >= 0.3 is 0 Å². The molecule has 4 heteroatoms. The summed E-state index contributed by atoms with van der Waals surface area (Å²) < 4.78 is 2.03. The largest absolute Gasteiger partial charge is 0.393 e. The summed E-state index contributed by atoms with van der Waals surface area (Å²) in [7, 11) is 0. The van der Waals surface area contributed by atoms with E-state index in [0.29, 0.717) is 5.92 Å². The van der Waals surface area contributed by atoms with Crippen molar-refractivity contribution >= 4 is 0 Å². The van der Waals surface area contributed by atoms with Crippen LogP contribution in [-0.2, 0) is 12.1 Å². The summed E-state index contributed by atoms with van der Waals surface area (Å²) >= 11 is 0. The maximum absolute atomic E-state index is 9.58. The Kier molecular flexibility index (Phi) is 3.54. The lowest BCUT2D eigenvalue weighted by Gasteiger charge is -2.36. The predicted molar refractivity (Wildman–Crippen MR) is 67.4 cm³/mol. The summed E-state index contributed by atoms with van der Waals surface area (Å²) in [5, 5.41) is 13.9. The van der Waals surface area contributed by atoms with Crippen molar-refractivity contribution in [3.63, 3.8) is 0 Å². The normalized spacial score (nSPS) is 29.8. The molecule has 17 heavy (non-hydrogen) atoms. The lowest BCUT2D eigenvalue weighted by atomic mass is 9.79. The van der Waals surface area contributed by atoms with Crippen LogP contribution in [0.25, 0.3) is 0 Å². The molecule has 0 aromatic carbocycles. The molecule has 1 aromatic rings. The zero-order valence-electron chi connectivity index (χ0n) is 10.8. The van der Waals surface area contributed by atoms with E-state index in [4.69, 9.17) is 5.73 Å². The van der Waals surface area contributed by atoms with Gasteiger partial charge in [-0.15, -0.1) is 0 Å². The second-order valence-corrected chi connectivity index (χ2v) is 5.68.